The van der Waals surface area contributed by atoms with E-state index in [9.17, 15) is 4.39 Å². The van der Waals surface area contributed by atoms with Crippen molar-refractivity contribution < 1.29 is 9.13 Å². The van der Waals surface area contributed by atoms with Gasteiger partial charge in [-0.15, -0.1) is 0 Å². The summed E-state index contributed by atoms with van der Waals surface area (Å²) in [6, 6.07) is 4.98. The summed E-state index contributed by atoms with van der Waals surface area (Å²) in [5, 5.41) is 3.19. The van der Waals surface area contributed by atoms with Gasteiger partial charge in [-0.25, -0.2) is 4.39 Å². The smallest absolute Gasteiger partial charge is 0.128 e. The van der Waals surface area contributed by atoms with E-state index in [-0.39, 0.29) is 5.82 Å². The lowest BCUT2D eigenvalue weighted by Gasteiger charge is -2.13. The molecule has 0 aliphatic rings. The minimum absolute atomic E-state index is 0.216. The lowest BCUT2D eigenvalue weighted by molar-refractivity contribution is 0.298. The highest BCUT2D eigenvalue weighted by Gasteiger charge is 2.11. The van der Waals surface area contributed by atoms with Crippen molar-refractivity contribution in [1.82, 2.24) is 5.32 Å². The monoisotopic (exact) mass is 237 g/mol. The van der Waals surface area contributed by atoms with E-state index in [2.05, 4.69) is 18.8 Å². The van der Waals surface area contributed by atoms with Gasteiger partial charge in [0.2, 0.25) is 0 Å². The third-order valence-corrected chi connectivity index (χ3v) is 2.47. The molecule has 0 fully saturated rings. The maximum absolute atomic E-state index is 13.7. The van der Waals surface area contributed by atoms with Crippen LogP contribution in [0.25, 0.3) is 5.76 Å². The fourth-order valence-corrected chi connectivity index (χ4v) is 1.64. The molecule has 1 rings (SSSR count). The van der Waals surface area contributed by atoms with E-state index < -0.39 is 0 Å². The normalized spacial score (nSPS) is 10.3. The van der Waals surface area contributed by atoms with Crippen molar-refractivity contribution >= 4 is 5.76 Å². The molecule has 0 radical (unpaired) electrons. The predicted octanol–water partition coefficient (Wildman–Crippen LogP) is 3.33. The van der Waals surface area contributed by atoms with Crippen molar-refractivity contribution in [3.63, 3.8) is 0 Å². The van der Waals surface area contributed by atoms with Crippen LogP contribution in [0.5, 0.6) is 0 Å². The number of rotatable bonds is 7. The summed E-state index contributed by atoms with van der Waals surface area (Å²) in [6.07, 6.45) is 1.02. The molecule has 0 spiro atoms. The van der Waals surface area contributed by atoms with Gasteiger partial charge in [-0.3, -0.25) is 0 Å². The van der Waals surface area contributed by atoms with E-state index in [1.165, 1.54) is 6.07 Å². The van der Waals surface area contributed by atoms with Crippen LogP contribution in [0.2, 0.25) is 0 Å². The Balaban J connectivity index is 2.87. The molecular weight excluding hydrogens is 217 g/mol. The second-order valence-corrected chi connectivity index (χ2v) is 3.80. The average molecular weight is 237 g/mol. The van der Waals surface area contributed by atoms with E-state index in [1.807, 2.05) is 13.0 Å². The lowest BCUT2D eigenvalue weighted by atomic mass is 10.1. The second-order valence-electron chi connectivity index (χ2n) is 3.80. The van der Waals surface area contributed by atoms with Crippen LogP contribution in [0.1, 0.15) is 31.4 Å². The summed E-state index contributed by atoms with van der Waals surface area (Å²) in [4.78, 5) is 0. The van der Waals surface area contributed by atoms with Crippen LogP contribution in [0.3, 0.4) is 0 Å². The summed E-state index contributed by atoms with van der Waals surface area (Å²) >= 11 is 0. The summed E-state index contributed by atoms with van der Waals surface area (Å²) in [7, 11) is 0. The highest BCUT2D eigenvalue weighted by atomic mass is 19.1. The largest absolute Gasteiger partial charge is 0.494 e. The fraction of sp³-hybridized carbons (Fsp3) is 0.429. The second kappa shape index (κ2) is 7.07. The molecule has 1 N–H and O–H groups in total. The first-order valence-corrected chi connectivity index (χ1v) is 6.00. The van der Waals surface area contributed by atoms with Crippen molar-refractivity contribution in [3.05, 3.63) is 41.7 Å². The van der Waals surface area contributed by atoms with E-state index in [4.69, 9.17) is 4.74 Å². The van der Waals surface area contributed by atoms with Crippen LogP contribution in [0.15, 0.2) is 24.8 Å². The van der Waals surface area contributed by atoms with Gasteiger partial charge < -0.3 is 10.1 Å². The predicted molar refractivity (Wildman–Crippen MR) is 69.1 cm³/mol. The molecule has 0 bridgehead atoms. The number of ether oxygens (including phenoxy) is 1. The van der Waals surface area contributed by atoms with Crippen molar-refractivity contribution in [2.45, 2.75) is 26.8 Å². The number of nitrogens with one attached hydrogen (secondary N) is 1. The SMILES string of the molecule is C=C(OCC)c1cccc(F)c1CNCCC. The molecule has 0 amide bonds. The van der Waals surface area contributed by atoms with Gasteiger partial charge in [-0.1, -0.05) is 25.6 Å². The lowest BCUT2D eigenvalue weighted by Crippen LogP contribution is -2.16. The molecule has 2 nitrogen and oxygen atoms in total. The Hall–Kier alpha value is -1.35. The van der Waals surface area contributed by atoms with E-state index in [0.717, 1.165) is 18.5 Å². The van der Waals surface area contributed by atoms with Gasteiger partial charge in [0.05, 0.1) is 6.61 Å². The number of benzene rings is 1. The Bertz CT molecular complexity index is 376. The van der Waals surface area contributed by atoms with E-state index in [1.54, 1.807) is 6.07 Å². The van der Waals surface area contributed by atoms with Crippen LogP contribution in [-0.4, -0.2) is 13.2 Å². The van der Waals surface area contributed by atoms with Gasteiger partial charge in [-0.05, 0) is 26.0 Å². The van der Waals surface area contributed by atoms with Crippen molar-refractivity contribution in [3.8, 4) is 0 Å². The molecule has 1 aromatic rings. The van der Waals surface area contributed by atoms with E-state index in [0.29, 0.717) is 24.5 Å². The molecule has 0 aromatic heterocycles. The third kappa shape index (κ3) is 3.86. The maximum atomic E-state index is 13.7. The van der Waals surface area contributed by atoms with Gasteiger partial charge in [0.15, 0.2) is 0 Å². The fourth-order valence-electron chi connectivity index (χ4n) is 1.64. The molecular formula is C14H20FNO. The molecule has 0 unspecified atom stereocenters. The highest BCUT2D eigenvalue weighted by molar-refractivity contribution is 5.61. The van der Waals surface area contributed by atoms with Gasteiger partial charge in [0, 0.05) is 17.7 Å². The zero-order valence-corrected chi connectivity index (χ0v) is 10.6. The number of hydrogen-bond acceptors (Lipinski definition) is 2. The molecule has 0 aliphatic carbocycles. The minimum Gasteiger partial charge on any atom is -0.494 e. The Morgan fingerprint density at radius 3 is 2.82 bits per heavy atom. The maximum Gasteiger partial charge on any atom is 0.128 e. The summed E-state index contributed by atoms with van der Waals surface area (Å²) in [5.41, 5.74) is 1.37. The molecule has 1 aromatic carbocycles. The van der Waals surface area contributed by atoms with E-state index >= 15 is 0 Å². The molecule has 0 aliphatic heterocycles. The van der Waals surface area contributed by atoms with Gasteiger partial charge >= 0.3 is 0 Å². The number of halogens is 1. The zero-order chi connectivity index (χ0) is 12.7. The van der Waals surface area contributed by atoms with Gasteiger partial charge in [0.1, 0.15) is 11.6 Å². The minimum atomic E-state index is -0.216. The van der Waals surface area contributed by atoms with Gasteiger partial charge in [-0.2, -0.15) is 0 Å². The zero-order valence-electron chi connectivity index (χ0n) is 10.6. The average Bonchev–Trinajstić information content (AvgIpc) is 2.31. The molecule has 0 atom stereocenters. The molecule has 94 valence electrons. The quantitative estimate of drug-likeness (QED) is 0.580. The van der Waals surface area contributed by atoms with Crippen LogP contribution >= 0.6 is 0 Å². The standard InChI is InChI=1S/C14H20FNO/c1-4-9-16-10-13-12(11(3)17-5-2)7-6-8-14(13)15/h6-8,16H,3-5,9-10H2,1-2H3. The Morgan fingerprint density at radius 2 is 2.18 bits per heavy atom. The Labute approximate surface area is 102 Å². The van der Waals surface area contributed by atoms with Crippen LogP contribution in [0, 0.1) is 5.82 Å². The first kappa shape index (κ1) is 13.7. The summed E-state index contributed by atoms with van der Waals surface area (Å²) in [6.45, 7) is 9.70. The first-order valence-electron chi connectivity index (χ1n) is 6.00. The number of hydrogen-bond donors (Lipinski definition) is 1. The Morgan fingerprint density at radius 1 is 1.41 bits per heavy atom. The van der Waals surface area contributed by atoms with Crippen LogP contribution in [-0.2, 0) is 11.3 Å². The van der Waals surface area contributed by atoms with Gasteiger partial charge in [0.25, 0.3) is 0 Å². The van der Waals surface area contributed by atoms with Crippen molar-refractivity contribution in [2.75, 3.05) is 13.2 Å². The topological polar surface area (TPSA) is 21.3 Å². The summed E-state index contributed by atoms with van der Waals surface area (Å²) in [5.74, 6) is 0.312. The molecule has 0 heterocycles. The highest BCUT2D eigenvalue weighted by Crippen LogP contribution is 2.21. The summed E-state index contributed by atoms with van der Waals surface area (Å²) < 4.78 is 19.1. The first-order chi connectivity index (χ1) is 8.20. The molecule has 3 heteroatoms. The third-order valence-electron chi connectivity index (χ3n) is 2.47. The molecule has 0 saturated heterocycles. The van der Waals surface area contributed by atoms with Crippen molar-refractivity contribution in [2.24, 2.45) is 0 Å². The van der Waals surface area contributed by atoms with Crippen LogP contribution in [0.4, 0.5) is 4.39 Å². The van der Waals surface area contributed by atoms with Crippen molar-refractivity contribution in [1.29, 1.82) is 0 Å². The van der Waals surface area contributed by atoms with Crippen LogP contribution < -0.4 is 5.32 Å². The molecule has 17 heavy (non-hydrogen) atoms. The Kier molecular flexibility index (Phi) is 5.70. The molecule has 0 saturated carbocycles.